The molecule has 0 aliphatic heterocycles. The van der Waals surface area contributed by atoms with Crippen LogP contribution in [0.5, 0.6) is 0 Å². The predicted molar refractivity (Wildman–Crippen MR) is 88.5 cm³/mol. The number of nitrogens with zero attached hydrogens (tertiary/aromatic N) is 1. The molecule has 0 spiro atoms. The molecule has 4 heteroatoms. The SMILES string of the molecule is CCc1cccc(C)c1Nc1nc2ccc(Cl)cc2s1. The lowest BCUT2D eigenvalue weighted by molar-refractivity contribution is 1.13. The molecule has 0 aliphatic carbocycles. The molecule has 1 N–H and O–H groups in total. The third kappa shape index (κ3) is 2.51. The molecule has 3 rings (SSSR count). The second-order valence-corrected chi connectivity index (χ2v) is 6.19. The predicted octanol–water partition coefficient (Wildman–Crippen LogP) is 5.56. The van der Waals surface area contributed by atoms with E-state index in [0.717, 1.165) is 26.8 Å². The van der Waals surface area contributed by atoms with Crippen molar-refractivity contribution in [1.82, 2.24) is 4.98 Å². The molecule has 0 radical (unpaired) electrons. The van der Waals surface area contributed by atoms with Crippen molar-refractivity contribution in [3.8, 4) is 0 Å². The maximum atomic E-state index is 6.02. The van der Waals surface area contributed by atoms with Crippen molar-refractivity contribution in [2.24, 2.45) is 0 Å². The number of halogens is 1. The van der Waals surface area contributed by atoms with Gasteiger partial charge in [0.25, 0.3) is 0 Å². The molecule has 2 aromatic carbocycles. The Morgan fingerprint density at radius 3 is 2.90 bits per heavy atom. The van der Waals surface area contributed by atoms with E-state index in [-0.39, 0.29) is 0 Å². The molecule has 20 heavy (non-hydrogen) atoms. The summed E-state index contributed by atoms with van der Waals surface area (Å²) in [7, 11) is 0. The largest absolute Gasteiger partial charge is 0.331 e. The Hall–Kier alpha value is -1.58. The number of aryl methyl sites for hydroxylation is 2. The maximum Gasteiger partial charge on any atom is 0.188 e. The standard InChI is InChI=1S/C16H15ClN2S/c1-3-11-6-4-5-10(2)15(11)19-16-18-13-8-7-12(17)9-14(13)20-16/h4-9H,3H2,1-2H3,(H,18,19). The molecule has 0 fully saturated rings. The van der Waals surface area contributed by atoms with Gasteiger partial charge in [0.15, 0.2) is 5.13 Å². The molecule has 0 amide bonds. The van der Waals surface area contributed by atoms with Crippen LogP contribution in [-0.4, -0.2) is 4.98 Å². The second kappa shape index (κ2) is 5.43. The molecule has 1 aromatic heterocycles. The highest BCUT2D eigenvalue weighted by molar-refractivity contribution is 7.22. The summed E-state index contributed by atoms with van der Waals surface area (Å²) in [5.74, 6) is 0. The Bertz CT molecular complexity index is 764. The molecule has 0 saturated heterocycles. The average molecular weight is 303 g/mol. The second-order valence-electron chi connectivity index (χ2n) is 4.72. The molecule has 102 valence electrons. The fourth-order valence-electron chi connectivity index (χ4n) is 2.26. The van der Waals surface area contributed by atoms with E-state index in [0.29, 0.717) is 0 Å². The van der Waals surface area contributed by atoms with E-state index >= 15 is 0 Å². The first-order valence-electron chi connectivity index (χ1n) is 6.59. The molecule has 2 nitrogen and oxygen atoms in total. The Morgan fingerprint density at radius 2 is 2.10 bits per heavy atom. The van der Waals surface area contributed by atoms with E-state index in [1.54, 1.807) is 11.3 Å². The number of thiazole rings is 1. The zero-order valence-electron chi connectivity index (χ0n) is 11.4. The Balaban J connectivity index is 2.01. The summed E-state index contributed by atoms with van der Waals surface area (Å²) < 4.78 is 1.10. The highest BCUT2D eigenvalue weighted by Gasteiger charge is 2.08. The first-order valence-corrected chi connectivity index (χ1v) is 7.78. The number of hydrogen-bond donors (Lipinski definition) is 1. The lowest BCUT2D eigenvalue weighted by atomic mass is 10.1. The number of fused-ring (bicyclic) bond motifs is 1. The highest BCUT2D eigenvalue weighted by atomic mass is 35.5. The lowest BCUT2D eigenvalue weighted by Gasteiger charge is -2.11. The molecule has 1 heterocycles. The number of rotatable bonds is 3. The number of anilines is 2. The van der Waals surface area contributed by atoms with E-state index in [9.17, 15) is 0 Å². The molecule has 0 saturated carbocycles. The van der Waals surface area contributed by atoms with Gasteiger partial charge in [0.2, 0.25) is 0 Å². The van der Waals surface area contributed by atoms with Gasteiger partial charge in [-0.1, -0.05) is 48.1 Å². The molecule has 3 aromatic rings. The number of benzene rings is 2. The van der Waals surface area contributed by atoms with Crippen molar-refractivity contribution in [1.29, 1.82) is 0 Å². The quantitative estimate of drug-likeness (QED) is 0.684. The van der Waals surface area contributed by atoms with Crippen molar-refractivity contribution >= 4 is 44.0 Å². The molecule has 0 atom stereocenters. The van der Waals surface area contributed by atoms with Crippen LogP contribution in [-0.2, 0) is 6.42 Å². The van der Waals surface area contributed by atoms with E-state index in [2.05, 4.69) is 42.3 Å². The zero-order chi connectivity index (χ0) is 14.1. The van der Waals surface area contributed by atoms with Gasteiger partial charge in [-0.3, -0.25) is 0 Å². The van der Waals surface area contributed by atoms with Crippen LogP contribution in [0.3, 0.4) is 0 Å². The van der Waals surface area contributed by atoms with Crippen LogP contribution in [0.15, 0.2) is 36.4 Å². The van der Waals surface area contributed by atoms with Gasteiger partial charge < -0.3 is 5.32 Å². The minimum absolute atomic E-state index is 0.748. The van der Waals surface area contributed by atoms with Crippen LogP contribution >= 0.6 is 22.9 Å². The summed E-state index contributed by atoms with van der Waals surface area (Å²) in [6.45, 7) is 4.28. The van der Waals surface area contributed by atoms with Gasteiger partial charge in [-0.05, 0) is 42.7 Å². The maximum absolute atomic E-state index is 6.02. The van der Waals surface area contributed by atoms with E-state index in [1.165, 1.54) is 16.8 Å². The highest BCUT2D eigenvalue weighted by Crippen LogP contribution is 2.32. The van der Waals surface area contributed by atoms with Crippen molar-refractivity contribution in [3.05, 3.63) is 52.5 Å². The summed E-state index contributed by atoms with van der Waals surface area (Å²) in [4.78, 5) is 4.61. The van der Waals surface area contributed by atoms with E-state index in [4.69, 9.17) is 11.6 Å². The summed E-state index contributed by atoms with van der Waals surface area (Å²) in [5.41, 5.74) is 4.69. The average Bonchev–Trinajstić information content (AvgIpc) is 2.82. The molecular weight excluding hydrogens is 288 g/mol. The monoisotopic (exact) mass is 302 g/mol. The summed E-state index contributed by atoms with van der Waals surface area (Å²) in [6.07, 6.45) is 1.00. The van der Waals surface area contributed by atoms with Crippen LogP contribution in [0.1, 0.15) is 18.1 Å². The summed E-state index contributed by atoms with van der Waals surface area (Å²) in [5, 5.41) is 5.12. The van der Waals surface area contributed by atoms with Crippen LogP contribution in [0.25, 0.3) is 10.2 Å². The molecule has 0 bridgehead atoms. The molecule has 0 unspecified atom stereocenters. The van der Waals surface area contributed by atoms with Gasteiger partial charge in [-0.15, -0.1) is 0 Å². The number of hydrogen-bond acceptors (Lipinski definition) is 3. The number of aromatic nitrogens is 1. The summed E-state index contributed by atoms with van der Waals surface area (Å²) >= 11 is 7.65. The molecule has 0 aliphatic rings. The van der Waals surface area contributed by atoms with Crippen molar-refractivity contribution in [2.75, 3.05) is 5.32 Å². The van der Waals surface area contributed by atoms with Crippen molar-refractivity contribution < 1.29 is 0 Å². The smallest absolute Gasteiger partial charge is 0.188 e. The van der Waals surface area contributed by atoms with Crippen LogP contribution in [0, 0.1) is 6.92 Å². The normalized spacial score (nSPS) is 10.9. The first-order chi connectivity index (χ1) is 9.67. The number of nitrogens with one attached hydrogen (secondary N) is 1. The van der Waals surface area contributed by atoms with Gasteiger partial charge in [-0.2, -0.15) is 0 Å². The van der Waals surface area contributed by atoms with E-state index < -0.39 is 0 Å². The van der Waals surface area contributed by atoms with E-state index in [1.807, 2.05) is 18.2 Å². The Labute approximate surface area is 127 Å². The van der Waals surface area contributed by atoms with Gasteiger partial charge in [0.05, 0.1) is 10.2 Å². The van der Waals surface area contributed by atoms with Gasteiger partial charge >= 0.3 is 0 Å². The van der Waals surface area contributed by atoms with Crippen LogP contribution in [0.4, 0.5) is 10.8 Å². The fraction of sp³-hybridized carbons (Fsp3) is 0.188. The third-order valence-corrected chi connectivity index (χ3v) is 4.49. The van der Waals surface area contributed by atoms with Gasteiger partial charge in [-0.25, -0.2) is 4.98 Å². The minimum Gasteiger partial charge on any atom is -0.331 e. The van der Waals surface area contributed by atoms with Gasteiger partial charge in [0, 0.05) is 10.7 Å². The topological polar surface area (TPSA) is 24.9 Å². The Morgan fingerprint density at radius 1 is 1.25 bits per heavy atom. The van der Waals surface area contributed by atoms with Crippen molar-refractivity contribution in [2.45, 2.75) is 20.3 Å². The Kier molecular flexibility index (Phi) is 3.64. The van der Waals surface area contributed by atoms with Crippen molar-refractivity contribution in [3.63, 3.8) is 0 Å². The van der Waals surface area contributed by atoms with Gasteiger partial charge in [0.1, 0.15) is 0 Å². The minimum atomic E-state index is 0.748. The van der Waals surface area contributed by atoms with Crippen LogP contribution in [0.2, 0.25) is 5.02 Å². The summed E-state index contributed by atoms with van der Waals surface area (Å²) in [6, 6.07) is 12.2. The lowest BCUT2D eigenvalue weighted by Crippen LogP contribution is -1.97. The third-order valence-electron chi connectivity index (χ3n) is 3.32. The zero-order valence-corrected chi connectivity index (χ0v) is 13.0. The fourth-order valence-corrected chi connectivity index (χ4v) is 3.41. The first kappa shape index (κ1) is 13.4. The van der Waals surface area contributed by atoms with Crippen LogP contribution < -0.4 is 5.32 Å². The number of para-hydroxylation sites is 1. The molecular formula is C16H15ClN2S.